The summed E-state index contributed by atoms with van der Waals surface area (Å²) in [4.78, 5) is 27.6. The summed E-state index contributed by atoms with van der Waals surface area (Å²) in [6.45, 7) is 4.15. The SMILES string of the molecule is Cc1cccc(CN(C(=O)Cc2ccc(F)cc2)C(C)C(=O)NC2CCCC2)c1. The molecule has 0 heterocycles. The van der Waals surface area contributed by atoms with Gasteiger partial charge < -0.3 is 10.2 Å². The van der Waals surface area contributed by atoms with E-state index in [0.717, 1.165) is 42.4 Å². The lowest BCUT2D eigenvalue weighted by Gasteiger charge is -2.30. The van der Waals surface area contributed by atoms with Gasteiger partial charge in [0.1, 0.15) is 11.9 Å². The van der Waals surface area contributed by atoms with Crippen LogP contribution < -0.4 is 5.32 Å². The van der Waals surface area contributed by atoms with Crippen molar-refractivity contribution in [1.82, 2.24) is 10.2 Å². The van der Waals surface area contributed by atoms with E-state index in [4.69, 9.17) is 0 Å². The van der Waals surface area contributed by atoms with Crippen LogP contribution in [-0.4, -0.2) is 28.8 Å². The maximum Gasteiger partial charge on any atom is 0.242 e. The predicted molar refractivity (Wildman–Crippen MR) is 112 cm³/mol. The minimum Gasteiger partial charge on any atom is -0.352 e. The highest BCUT2D eigenvalue weighted by atomic mass is 19.1. The molecule has 1 aliphatic rings. The first-order chi connectivity index (χ1) is 13.9. The quantitative estimate of drug-likeness (QED) is 0.764. The highest BCUT2D eigenvalue weighted by Crippen LogP contribution is 2.19. The van der Waals surface area contributed by atoms with Crippen molar-refractivity contribution in [2.45, 2.75) is 64.6 Å². The Morgan fingerprint density at radius 2 is 1.79 bits per heavy atom. The van der Waals surface area contributed by atoms with E-state index < -0.39 is 6.04 Å². The fraction of sp³-hybridized carbons (Fsp3) is 0.417. The maximum absolute atomic E-state index is 13.2. The molecule has 1 fully saturated rings. The van der Waals surface area contributed by atoms with E-state index in [2.05, 4.69) is 5.32 Å². The van der Waals surface area contributed by atoms with Crippen LogP contribution in [0.15, 0.2) is 48.5 Å². The molecule has 0 radical (unpaired) electrons. The van der Waals surface area contributed by atoms with E-state index in [1.54, 1.807) is 24.0 Å². The smallest absolute Gasteiger partial charge is 0.242 e. The molecule has 1 saturated carbocycles. The van der Waals surface area contributed by atoms with Crippen LogP contribution >= 0.6 is 0 Å². The molecule has 0 spiro atoms. The Labute approximate surface area is 172 Å². The van der Waals surface area contributed by atoms with E-state index in [1.165, 1.54) is 12.1 Å². The van der Waals surface area contributed by atoms with E-state index in [1.807, 2.05) is 31.2 Å². The lowest BCUT2D eigenvalue weighted by Crippen LogP contribution is -2.50. The topological polar surface area (TPSA) is 49.4 Å². The lowest BCUT2D eigenvalue weighted by molar-refractivity contribution is -0.140. The Bertz CT molecular complexity index is 844. The summed E-state index contributed by atoms with van der Waals surface area (Å²) in [7, 11) is 0. The average molecular weight is 397 g/mol. The summed E-state index contributed by atoms with van der Waals surface area (Å²) < 4.78 is 13.2. The molecule has 2 aromatic carbocycles. The van der Waals surface area contributed by atoms with Crippen LogP contribution in [0, 0.1) is 12.7 Å². The third-order valence-corrected chi connectivity index (χ3v) is 5.57. The van der Waals surface area contributed by atoms with Crippen molar-refractivity contribution in [2.75, 3.05) is 0 Å². The molecule has 0 aromatic heterocycles. The van der Waals surface area contributed by atoms with Crippen molar-refractivity contribution in [3.8, 4) is 0 Å². The number of amides is 2. The summed E-state index contributed by atoms with van der Waals surface area (Å²) in [6.07, 6.45) is 4.40. The van der Waals surface area contributed by atoms with E-state index in [-0.39, 0.29) is 30.1 Å². The first-order valence-electron chi connectivity index (χ1n) is 10.3. The third-order valence-electron chi connectivity index (χ3n) is 5.57. The maximum atomic E-state index is 13.2. The average Bonchev–Trinajstić information content (AvgIpc) is 3.20. The Morgan fingerprint density at radius 1 is 1.10 bits per heavy atom. The number of carbonyl (C=O) groups excluding carboxylic acids is 2. The molecule has 1 atom stereocenters. The number of carbonyl (C=O) groups is 2. The number of hydrogen-bond donors (Lipinski definition) is 1. The van der Waals surface area contributed by atoms with Crippen molar-refractivity contribution >= 4 is 11.8 Å². The monoisotopic (exact) mass is 396 g/mol. The van der Waals surface area contributed by atoms with Crippen LogP contribution in [0.4, 0.5) is 4.39 Å². The number of aryl methyl sites for hydroxylation is 1. The normalized spacial score (nSPS) is 15.1. The van der Waals surface area contributed by atoms with Crippen LogP contribution in [0.1, 0.15) is 49.3 Å². The van der Waals surface area contributed by atoms with Gasteiger partial charge in [-0.1, -0.05) is 54.8 Å². The Hall–Kier alpha value is -2.69. The number of halogens is 1. The molecule has 2 amide bonds. The van der Waals surface area contributed by atoms with Gasteiger partial charge in [-0.05, 0) is 49.9 Å². The third kappa shape index (κ3) is 5.89. The minimum absolute atomic E-state index is 0.114. The molecule has 3 rings (SSSR count). The zero-order valence-electron chi connectivity index (χ0n) is 17.2. The van der Waals surface area contributed by atoms with Gasteiger partial charge in [0.05, 0.1) is 6.42 Å². The predicted octanol–water partition coefficient (Wildman–Crippen LogP) is 4.15. The highest BCUT2D eigenvalue weighted by molar-refractivity contribution is 5.88. The number of benzene rings is 2. The van der Waals surface area contributed by atoms with Crippen molar-refractivity contribution in [2.24, 2.45) is 0 Å². The summed E-state index contributed by atoms with van der Waals surface area (Å²) in [6, 6.07) is 13.5. The Kier molecular flexibility index (Phi) is 7.02. The zero-order valence-corrected chi connectivity index (χ0v) is 17.2. The number of nitrogens with zero attached hydrogens (tertiary/aromatic N) is 1. The van der Waals surface area contributed by atoms with Crippen LogP contribution in [0.5, 0.6) is 0 Å². The molecule has 29 heavy (non-hydrogen) atoms. The van der Waals surface area contributed by atoms with Crippen molar-refractivity contribution < 1.29 is 14.0 Å². The molecule has 0 bridgehead atoms. The molecule has 1 aliphatic carbocycles. The second kappa shape index (κ2) is 9.68. The van der Waals surface area contributed by atoms with Crippen LogP contribution in [0.2, 0.25) is 0 Å². The van der Waals surface area contributed by atoms with Gasteiger partial charge in [0.15, 0.2) is 0 Å². The molecule has 0 aliphatic heterocycles. The number of nitrogens with one attached hydrogen (secondary N) is 1. The fourth-order valence-corrected chi connectivity index (χ4v) is 3.86. The van der Waals surface area contributed by atoms with E-state index in [0.29, 0.717) is 6.54 Å². The molecule has 2 aromatic rings. The second-order valence-corrected chi connectivity index (χ2v) is 7.98. The van der Waals surface area contributed by atoms with Crippen LogP contribution in [-0.2, 0) is 22.6 Å². The molecule has 5 heteroatoms. The van der Waals surface area contributed by atoms with Gasteiger partial charge in [-0.3, -0.25) is 9.59 Å². The molecule has 0 saturated heterocycles. The standard InChI is InChI=1S/C24H29FN2O2/c1-17-6-5-7-20(14-17)16-27(18(2)24(29)26-22-8-3-4-9-22)23(28)15-19-10-12-21(25)13-11-19/h5-7,10-14,18,22H,3-4,8-9,15-16H2,1-2H3,(H,26,29). The minimum atomic E-state index is -0.580. The highest BCUT2D eigenvalue weighted by Gasteiger charge is 2.28. The van der Waals surface area contributed by atoms with Crippen molar-refractivity contribution in [1.29, 1.82) is 0 Å². The second-order valence-electron chi connectivity index (χ2n) is 7.98. The molecular weight excluding hydrogens is 367 g/mol. The van der Waals surface area contributed by atoms with Gasteiger partial charge in [-0.25, -0.2) is 4.39 Å². The summed E-state index contributed by atoms with van der Waals surface area (Å²) in [5.41, 5.74) is 2.82. The molecule has 1 N–H and O–H groups in total. The van der Waals surface area contributed by atoms with Gasteiger partial charge in [-0.2, -0.15) is 0 Å². The van der Waals surface area contributed by atoms with E-state index >= 15 is 0 Å². The first kappa shape index (κ1) is 21.0. The van der Waals surface area contributed by atoms with Crippen molar-refractivity contribution in [3.63, 3.8) is 0 Å². The Morgan fingerprint density at radius 3 is 2.45 bits per heavy atom. The fourth-order valence-electron chi connectivity index (χ4n) is 3.86. The van der Waals surface area contributed by atoms with Gasteiger partial charge in [0.25, 0.3) is 0 Å². The number of rotatable bonds is 7. The molecular formula is C24H29FN2O2. The Balaban J connectivity index is 1.76. The number of hydrogen-bond acceptors (Lipinski definition) is 2. The molecule has 4 nitrogen and oxygen atoms in total. The zero-order chi connectivity index (χ0) is 20.8. The van der Waals surface area contributed by atoms with Gasteiger partial charge in [-0.15, -0.1) is 0 Å². The van der Waals surface area contributed by atoms with Gasteiger partial charge in [0.2, 0.25) is 11.8 Å². The van der Waals surface area contributed by atoms with E-state index in [9.17, 15) is 14.0 Å². The molecule has 1 unspecified atom stereocenters. The summed E-state index contributed by atoms with van der Waals surface area (Å²) >= 11 is 0. The van der Waals surface area contributed by atoms with Gasteiger partial charge in [0, 0.05) is 12.6 Å². The van der Waals surface area contributed by atoms with Gasteiger partial charge >= 0.3 is 0 Å². The van der Waals surface area contributed by atoms with Crippen LogP contribution in [0.25, 0.3) is 0 Å². The summed E-state index contributed by atoms with van der Waals surface area (Å²) in [5.74, 6) is -0.591. The largest absolute Gasteiger partial charge is 0.352 e. The molecule has 154 valence electrons. The summed E-state index contributed by atoms with van der Waals surface area (Å²) in [5, 5.41) is 3.10. The first-order valence-corrected chi connectivity index (χ1v) is 10.3. The lowest BCUT2D eigenvalue weighted by atomic mass is 10.1. The van der Waals surface area contributed by atoms with Crippen LogP contribution in [0.3, 0.4) is 0 Å². The van der Waals surface area contributed by atoms with Crippen molar-refractivity contribution in [3.05, 3.63) is 71.0 Å².